The number of nitrogens with one attached hydrogen (secondary N) is 2. The highest BCUT2D eigenvalue weighted by Gasteiger charge is 2.17. The molecule has 0 aliphatic carbocycles. The smallest absolute Gasteiger partial charge is 0.271 e. The summed E-state index contributed by atoms with van der Waals surface area (Å²) in [5.41, 5.74) is 0.445. The zero-order chi connectivity index (χ0) is 24.7. The lowest BCUT2D eigenvalue weighted by Gasteiger charge is -2.10. The van der Waals surface area contributed by atoms with E-state index in [0.717, 1.165) is 11.8 Å². The molecule has 0 saturated heterocycles. The molecule has 0 aliphatic heterocycles. The number of carbonyl (C=O) groups is 2. The van der Waals surface area contributed by atoms with Crippen LogP contribution in [0, 0.1) is 10.1 Å². The zero-order valence-corrected chi connectivity index (χ0v) is 20.7. The van der Waals surface area contributed by atoms with Gasteiger partial charge in [0.25, 0.3) is 11.6 Å². The first-order valence-electron chi connectivity index (χ1n) is 9.72. The highest BCUT2D eigenvalue weighted by Crippen LogP contribution is 2.27. The number of thioether (sulfide) groups is 1. The lowest BCUT2D eigenvalue weighted by atomic mass is 10.2. The van der Waals surface area contributed by atoms with E-state index in [4.69, 9.17) is 11.6 Å². The number of nitro groups is 1. The monoisotopic (exact) mass is 564 g/mol. The van der Waals surface area contributed by atoms with Crippen molar-refractivity contribution in [1.29, 1.82) is 0 Å². The Kier molecular flexibility index (Phi) is 8.79. The molecule has 10 nitrogen and oxygen atoms in total. The van der Waals surface area contributed by atoms with E-state index in [1.54, 1.807) is 28.8 Å². The maximum Gasteiger partial charge on any atom is 0.271 e. The summed E-state index contributed by atoms with van der Waals surface area (Å²) in [6.45, 7) is 4.22. The fourth-order valence-electron chi connectivity index (χ4n) is 2.81. The number of nitrogens with zero attached hydrogens (tertiary/aromatic N) is 4. The average molecular weight is 566 g/mol. The molecule has 2 N–H and O–H groups in total. The number of non-ortho nitro benzene ring substituents is 1. The molecule has 2 aromatic carbocycles. The fourth-order valence-corrected chi connectivity index (χ4v) is 4.20. The van der Waals surface area contributed by atoms with Crippen molar-refractivity contribution in [2.24, 2.45) is 0 Å². The standard InChI is InChI=1S/C21H18BrClN6O4S/c1-2-9-28-18(11-24-20(31)14-5-3-4-6-15(14)22)26-27-21(28)34-12-19(30)25-17-10-13(29(32)33)7-8-16(17)23/h2-8,10H,1,9,11-12H2,(H,24,31)(H,25,30). The molecule has 34 heavy (non-hydrogen) atoms. The first-order valence-corrected chi connectivity index (χ1v) is 11.9. The van der Waals surface area contributed by atoms with E-state index in [9.17, 15) is 19.7 Å². The molecule has 3 aromatic rings. The van der Waals surface area contributed by atoms with Crippen molar-refractivity contribution in [3.63, 3.8) is 0 Å². The van der Waals surface area contributed by atoms with Crippen molar-refractivity contribution < 1.29 is 14.5 Å². The van der Waals surface area contributed by atoms with E-state index in [0.29, 0.717) is 27.6 Å². The highest BCUT2D eigenvalue weighted by atomic mass is 79.9. The molecule has 2 amide bonds. The largest absolute Gasteiger partial charge is 0.345 e. The molecule has 3 rings (SSSR count). The number of anilines is 1. The predicted molar refractivity (Wildman–Crippen MR) is 133 cm³/mol. The van der Waals surface area contributed by atoms with Gasteiger partial charge >= 0.3 is 0 Å². The van der Waals surface area contributed by atoms with Crippen LogP contribution < -0.4 is 10.6 Å². The number of halogens is 2. The third-order valence-corrected chi connectivity index (χ3v) is 6.39. The van der Waals surface area contributed by atoms with Gasteiger partial charge in [-0.1, -0.05) is 41.6 Å². The minimum atomic E-state index is -0.574. The lowest BCUT2D eigenvalue weighted by Crippen LogP contribution is -2.25. The Bertz CT molecular complexity index is 1250. The van der Waals surface area contributed by atoms with Gasteiger partial charge in [0.15, 0.2) is 11.0 Å². The van der Waals surface area contributed by atoms with Crippen LogP contribution in [0.25, 0.3) is 0 Å². The highest BCUT2D eigenvalue weighted by molar-refractivity contribution is 9.10. The van der Waals surface area contributed by atoms with Gasteiger partial charge in [0.1, 0.15) is 0 Å². The van der Waals surface area contributed by atoms with Gasteiger partial charge in [-0.2, -0.15) is 0 Å². The third kappa shape index (κ3) is 6.43. The predicted octanol–water partition coefficient (Wildman–Crippen LogP) is 4.45. The Morgan fingerprint density at radius 1 is 1.26 bits per heavy atom. The Hall–Kier alpha value is -3.22. The summed E-state index contributed by atoms with van der Waals surface area (Å²) in [5, 5.41) is 25.2. The number of hydrogen-bond donors (Lipinski definition) is 2. The van der Waals surface area contributed by atoms with Gasteiger partial charge in [-0.25, -0.2) is 0 Å². The first kappa shape index (κ1) is 25.4. The van der Waals surface area contributed by atoms with Crippen LogP contribution >= 0.6 is 39.3 Å². The number of rotatable bonds is 10. The Morgan fingerprint density at radius 3 is 2.74 bits per heavy atom. The molecule has 1 heterocycles. The molecular weight excluding hydrogens is 548 g/mol. The molecule has 1 aromatic heterocycles. The Balaban J connectivity index is 1.64. The fraction of sp³-hybridized carbons (Fsp3) is 0.143. The van der Waals surface area contributed by atoms with E-state index < -0.39 is 10.8 Å². The third-order valence-electron chi connectivity index (χ3n) is 4.40. The number of hydrogen-bond acceptors (Lipinski definition) is 7. The van der Waals surface area contributed by atoms with E-state index in [1.807, 2.05) is 6.07 Å². The van der Waals surface area contributed by atoms with Crippen LogP contribution in [0.4, 0.5) is 11.4 Å². The van der Waals surface area contributed by atoms with Gasteiger partial charge in [-0.3, -0.25) is 19.7 Å². The molecule has 0 unspecified atom stereocenters. The van der Waals surface area contributed by atoms with Crippen LogP contribution in [0.15, 0.2) is 64.7 Å². The van der Waals surface area contributed by atoms with Gasteiger partial charge in [0.05, 0.1) is 33.5 Å². The van der Waals surface area contributed by atoms with Crippen LogP contribution in [0.1, 0.15) is 16.2 Å². The molecular formula is C21H18BrClN6O4S. The second kappa shape index (κ2) is 11.8. The number of aromatic nitrogens is 3. The van der Waals surface area contributed by atoms with Gasteiger partial charge in [0.2, 0.25) is 5.91 Å². The topological polar surface area (TPSA) is 132 Å². The Labute approximate surface area is 212 Å². The van der Waals surface area contributed by atoms with Crippen LogP contribution in [0.5, 0.6) is 0 Å². The van der Waals surface area contributed by atoms with Crippen LogP contribution in [-0.4, -0.2) is 37.3 Å². The maximum atomic E-state index is 12.5. The first-order chi connectivity index (χ1) is 16.3. The van der Waals surface area contributed by atoms with E-state index in [1.165, 1.54) is 18.2 Å². The van der Waals surface area contributed by atoms with Crippen molar-refractivity contribution >= 4 is 62.5 Å². The summed E-state index contributed by atoms with van der Waals surface area (Å²) in [6, 6.07) is 10.8. The molecule has 0 radical (unpaired) electrons. The SMILES string of the molecule is C=CCn1c(CNC(=O)c2ccccc2Br)nnc1SCC(=O)Nc1cc([N+](=O)[O-])ccc1Cl. The molecule has 0 spiro atoms. The van der Waals surface area contributed by atoms with Gasteiger partial charge in [-0.05, 0) is 34.1 Å². The maximum absolute atomic E-state index is 12.5. The normalized spacial score (nSPS) is 10.5. The zero-order valence-electron chi connectivity index (χ0n) is 17.5. The summed E-state index contributed by atoms with van der Waals surface area (Å²) >= 11 is 10.5. The van der Waals surface area contributed by atoms with Crippen molar-refractivity contribution in [3.05, 3.63) is 86.1 Å². The molecule has 0 atom stereocenters. The van der Waals surface area contributed by atoms with Crippen LogP contribution in [0.3, 0.4) is 0 Å². The minimum absolute atomic E-state index is 0.0440. The van der Waals surface area contributed by atoms with Crippen molar-refractivity contribution in [1.82, 2.24) is 20.1 Å². The van der Waals surface area contributed by atoms with E-state index >= 15 is 0 Å². The quantitative estimate of drug-likeness (QED) is 0.161. The van der Waals surface area contributed by atoms with Gasteiger partial charge < -0.3 is 15.2 Å². The molecule has 0 saturated carbocycles. The second-order valence-corrected chi connectivity index (χ2v) is 8.92. The van der Waals surface area contributed by atoms with Crippen molar-refractivity contribution in [2.45, 2.75) is 18.2 Å². The van der Waals surface area contributed by atoms with E-state index in [2.05, 4.69) is 43.3 Å². The Morgan fingerprint density at radius 2 is 2.03 bits per heavy atom. The molecule has 176 valence electrons. The molecule has 0 bridgehead atoms. The number of nitro benzene ring substituents is 1. The number of allylic oxidation sites excluding steroid dienone is 1. The number of carbonyl (C=O) groups excluding carboxylic acids is 2. The minimum Gasteiger partial charge on any atom is -0.345 e. The van der Waals surface area contributed by atoms with Crippen molar-refractivity contribution in [2.75, 3.05) is 11.1 Å². The number of benzene rings is 2. The van der Waals surface area contributed by atoms with Crippen LogP contribution in [0.2, 0.25) is 5.02 Å². The van der Waals surface area contributed by atoms with Gasteiger partial charge in [0, 0.05) is 23.2 Å². The van der Waals surface area contributed by atoms with Crippen molar-refractivity contribution in [3.8, 4) is 0 Å². The lowest BCUT2D eigenvalue weighted by molar-refractivity contribution is -0.384. The number of amides is 2. The van der Waals surface area contributed by atoms with E-state index in [-0.39, 0.29) is 34.6 Å². The second-order valence-electron chi connectivity index (χ2n) is 6.72. The molecule has 0 aliphatic rings. The molecule has 0 fully saturated rings. The molecule has 13 heteroatoms. The van der Waals surface area contributed by atoms with Gasteiger partial charge in [-0.15, -0.1) is 16.8 Å². The summed E-state index contributed by atoms with van der Waals surface area (Å²) in [7, 11) is 0. The summed E-state index contributed by atoms with van der Waals surface area (Å²) in [4.78, 5) is 35.2. The summed E-state index contributed by atoms with van der Waals surface area (Å²) in [6.07, 6.45) is 1.65. The average Bonchev–Trinajstić information content (AvgIpc) is 3.19. The summed E-state index contributed by atoms with van der Waals surface area (Å²) in [5.74, 6) is -0.255. The van der Waals surface area contributed by atoms with Crippen LogP contribution in [-0.2, 0) is 17.9 Å². The summed E-state index contributed by atoms with van der Waals surface area (Å²) < 4.78 is 2.40.